The third kappa shape index (κ3) is 2.48. The highest BCUT2D eigenvalue weighted by Gasteiger charge is 2.25. The van der Waals surface area contributed by atoms with E-state index in [1.54, 1.807) is 0 Å². The molecule has 0 radical (unpaired) electrons. The SMILES string of the molecule is c1cncc(CN2CC(n3cccn3)Cc3ccccc32)c1. The molecular formula is C18H18N4. The van der Waals surface area contributed by atoms with Crippen LogP contribution in [0.4, 0.5) is 5.69 Å². The Labute approximate surface area is 130 Å². The Hall–Kier alpha value is -2.62. The van der Waals surface area contributed by atoms with Crippen molar-refractivity contribution in [3.05, 3.63) is 78.4 Å². The van der Waals surface area contributed by atoms with E-state index in [1.807, 2.05) is 30.7 Å². The predicted molar refractivity (Wildman–Crippen MR) is 86.7 cm³/mol. The molecule has 0 saturated carbocycles. The Morgan fingerprint density at radius 1 is 1.05 bits per heavy atom. The van der Waals surface area contributed by atoms with Crippen LogP contribution in [-0.4, -0.2) is 21.3 Å². The molecule has 1 aliphatic heterocycles. The van der Waals surface area contributed by atoms with Crippen molar-refractivity contribution in [1.82, 2.24) is 14.8 Å². The van der Waals surface area contributed by atoms with Crippen LogP contribution in [0.2, 0.25) is 0 Å². The maximum Gasteiger partial charge on any atom is 0.0735 e. The molecule has 4 heteroatoms. The van der Waals surface area contributed by atoms with Gasteiger partial charge in [0.25, 0.3) is 0 Å². The normalized spacial score (nSPS) is 17.3. The van der Waals surface area contributed by atoms with Crippen LogP contribution < -0.4 is 4.90 Å². The molecule has 0 saturated heterocycles. The quantitative estimate of drug-likeness (QED) is 0.743. The Balaban J connectivity index is 1.66. The molecule has 3 heterocycles. The molecule has 4 nitrogen and oxygen atoms in total. The lowest BCUT2D eigenvalue weighted by molar-refractivity contribution is 0.430. The van der Waals surface area contributed by atoms with Gasteiger partial charge in [0, 0.05) is 43.6 Å². The number of hydrogen-bond acceptors (Lipinski definition) is 3. The largest absolute Gasteiger partial charge is 0.365 e. The molecule has 0 aliphatic carbocycles. The summed E-state index contributed by atoms with van der Waals surface area (Å²) in [6, 6.07) is 15.2. The lowest BCUT2D eigenvalue weighted by Gasteiger charge is -2.36. The van der Waals surface area contributed by atoms with Crippen molar-refractivity contribution in [2.45, 2.75) is 19.0 Å². The first-order chi connectivity index (χ1) is 10.9. The van der Waals surface area contributed by atoms with Crippen LogP contribution in [0.3, 0.4) is 0 Å². The number of hydrogen-bond donors (Lipinski definition) is 0. The van der Waals surface area contributed by atoms with Gasteiger partial charge in [-0.2, -0.15) is 5.10 Å². The summed E-state index contributed by atoms with van der Waals surface area (Å²) in [7, 11) is 0. The summed E-state index contributed by atoms with van der Waals surface area (Å²) in [6.45, 7) is 1.84. The third-order valence-electron chi connectivity index (χ3n) is 4.21. The van der Waals surface area contributed by atoms with Crippen molar-refractivity contribution < 1.29 is 0 Å². The molecule has 4 rings (SSSR count). The lowest BCUT2D eigenvalue weighted by Crippen LogP contribution is -2.36. The first kappa shape index (κ1) is 13.1. The molecule has 1 unspecified atom stereocenters. The first-order valence-electron chi connectivity index (χ1n) is 7.61. The first-order valence-corrected chi connectivity index (χ1v) is 7.61. The van der Waals surface area contributed by atoms with Crippen LogP contribution in [0.25, 0.3) is 0 Å². The molecule has 22 heavy (non-hydrogen) atoms. The molecule has 0 spiro atoms. The zero-order chi connectivity index (χ0) is 14.8. The molecule has 0 fully saturated rings. The van der Waals surface area contributed by atoms with Gasteiger partial charge in [-0.25, -0.2) is 0 Å². The van der Waals surface area contributed by atoms with E-state index in [2.05, 4.69) is 56.2 Å². The zero-order valence-corrected chi connectivity index (χ0v) is 12.3. The molecule has 0 N–H and O–H groups in total. The minimum Gasteiger partial charge on any atom is -0.365 e. The third-order valence-corrected chi connectivity index (χ3v) is 4.21. The molecule has 0 amide bonds. The number of fused-ring (bicyclic) bond motifs is 1. The van der Waals surface area contributed by atoms with Crippen LogP contribution in [-0.2, 0) is 13.0 Å². The second-order valence-electron chi connectivity index (χ2n) is 5.71. The maximum atomic E-state index is 4.43. The molecule has 2 aromatic heterocycles. The van der Waals surface area contributed by atoms with Gasteiger partial charge in [-0.1, -0.05) is 24.3 Å². The standard InChI is InChI=1S/C18H18N4/c1-2-7-18-16(6-1)11-17(22-10-4-9-20-22)14-21(18)13-15-5-3-8-19-12-15/h1-10,12,17H,11,13-14H2. The Bertz CT molecular complexity index is 737. The second-order valence-corrected chi connectivity index (χ2v) is 5.71. The van der Waals surface area contributed by atoms with E-state index < -0.39 is 0 Å². The van der Waals surface area contributed by atoms with Gasteiger partial charge in [0.05, 0.1) is 6.04 Å². The van der Waals surface area contributed by atoms with E-state index in [9.17, 15) is 0 Å². The zero-order valence-electron chi connectivity index (χ0n) is 12.3. The number of para-hydroxylation sites is 1. The number of nitrogens with zero attached hydrogens (tertiary/aromatic N) is 4. The molecular weight excluding hydrogens is 272 g/mol. The summed E-state index contributed by atoms with van der Waals surface area (Å²) in [5.41, 5.74) is 3.95. The number of aromatic nitrogens is 3. The van der Waals surface area contributed by atoms with Gasteiger partial charge in [-0.05, 0) is 35.7 Å². The van der Waals surface area contributed by atoms with E-state index in [0.717, 1.165) is 19.5 Å². The van der Waals surface area contributed by atoms with Crippen molar-refractivity contribution in [3.8, 4) is 0 Å². The minimum atomic E-state index is 0.376. The molecule has 110 valence electrons. The average Bonchev–Trinajstić information content (AvgIpc) is 3.10. The maximum absolute atomic E-state index is 4.43. The summed E-state index contributed by atoms with van der Waals surface area (Å²) >= 11 is 0. The number of anilines is 1. The summed E-state index contributed by atoms with van der Waals surface area (Å²) in [6.07, 6.45) is 8.70. The number of rotatable bonds is 3. The average molecular weight is 290 g/mol. The second kappa shape index (κ2) is 5.64. The van der Waals surface area contributed by atoms with E-state index in [-0.39, 0.29) is 0 Å². The lowest BCUT2D eigenvalue weighted by atomic mass is 9.97. The van der Waals surface area contributed by atoms with Gasteiger partial charge in [-0.3, -0.25) is 9.67 Å². The van der Waals surface area contributed by atoms with Crippen LogP contribution in [0.1, 0.15) is 17.2 Å². The summed E-state index contributed by atoms with van der Waals surface area (Å²) < 4.78 is 2.08. The van der Waals surface area contributed by atoms with Gasteiger partial charge in [0.15, 0.2) is 0 Å². The summed E-state index contributed by atoms with van der Waals surface area (Å²) in [5.74, 6) is 0. The molecule has 1 aromatic carbocycles. The fourth-order valence-electron chi connectivity index (χ4n) is 3.20. The van der Waals surface area contributed by atoms with Gasteiger partial charge < -0.3 is 4.90 Å². The van der Waals surface area contributed by atoms with Gasteiger partial charge in [0.1, 0.15) is 0 Å². The Kier molecular flexibility index (Phi) is 3.35. The molecule has 1 aliphatic rings. The van der Waals surface area contributed by atoms with Crippen LogP contribution in [0.15, 0.2) is 67.3 Å². The number of benzene rings is 1. The fourth-order valence-corrected chi connectivity index (χ4v) is 3.20. The van der Waals surface area contributed by atoms with Gasteiger partial charge in [-0.15, -0.1) is 0 Å². The van der Waals surface area contributed by atoms with Crippen molar-refractivity contribution in [3.63, 3.8) is 0 Å². The molecule has 3 aromatic rings. The van der Waals surface area contributed by atoms with Gasteiger partial charge in [0.2, 0.25) is 0 Å². The van der Waals surface area contributed by atoms with Crippen LogP contribution in [0.5, 0.6) is 0 Å². The van der Waals surface area contributed by atoms with Crippen LogP contribution >= 0.6 is 0 Å². The van der Waals surface area contributed by atoms with E-state index in [0.29, 0.717) is 6.04 Å². The topological polar surface area (TPSA) is 34.0 Å². The van der Waals surface area contributed by atoms with E-state index in [4.69, 9.17) is 0 Å². The summed E-state index contributed by atoms with van der Waals surface area (Å²) in [5, 5.41) is 4.43. The molecule has 1 atom stereocenters. The minimum absolute atomic E-state index is 0.376. The smallest absolute Gasteiger partial charge is 0.0735 e. The van der Waals surface area contributed by atoms with E-state index >= 15 is 0 Å². The predicted octanol–water partition coefficient (Wildman–Crippen LogP) is 3.08. The molecule has 0 bridgehead atoms. The van der Waals surface area contributed by atoms with Crippen molar-refractivity contribution in [2.75, 3.05) is 11.4 Å². The van der Waals surface area contributed by atoms with Crippen molar-refractivity contribution >= 4 is 5.69 Å². The van der Waals surface area contributed by atoms with Crippen molar-refractivity contribution in [2.24, 2.45) is 0 Å². The van der Waals surface area contributed by atoms with E-state index in [1.165, 1.54) is 16.8 Å². The highest BCUT2D eigenvalue weighted by atomic mass is 15.3. The van der Waals surface area contributed by atoms with Gasteiger partial charge >= 0.3 is 0 Å². The van der Waals surface area contributed by atoms with Crippen molar-refractivity contribution in [1.29, 1.82) is 0 Å². The highest BCUT2D eigenvalue weighted by molar-refractivity contribution is 5.56. The number of pyridine rings is 1. The van der Waals surface area contributed by atoms with Crippen LogP contribution in [0, 0.1) is 0 Å². The Morgan fingerprint density at radius 3 is 2.82 bits per heavy atom. The highest BCUT2D eigenvalue weighted by Crippen LogP contribution is 2.32. The Morgan fingerprint density at radius 2 is 2.00 bits per heavy atom. The summed E-state index contributed by atoms with van der Waals surface area (Å²) in [4.78, 5) is 6.66. The monoisotopic (exact) mass is 290 g/mol. The fraction of sp³-hybridized carbons (Fsp3) is 0.222.